The summed E-state index contributed by atoms with van der Waals surface area (Å²) in [6, 6.07) is 11.7. The van der Waals surface area contributed by atoms with Crippen molar-refractivity contribution >= 4 is 34.8 Å². The molecule has 3 aliphatic heterocycles. The molecule has 1 saturated carbocycles. The third-order valence-electron chi connectivity index (χ3n) is 10.4. The number of carbonyl (C=O) groups excluding carboxylic acids is 3. The fourth-order valence-electron chi connectivity index (χ4n) is 7.87. The Morgan fingerprint density at radius 1 is 0.978 bits per heavy atom. The van der Waals surface area contributed by atoms with E-state index in [4.69, 9.17) is 9.15 Å². The minimum Gasteiger partial charge on any atom is -0.436 e. The maximum atomic E-state index is 14.0. The van der Waals surface area contributed by atoms with E-state index in [0.717, 1.165) is 35.5 Å². The molecule has 2 saturated heterocycles. The molecule has 12 nitrogen and oxygen atoms in total. The molecule has 2 aromatic carbocycles. The van der Waals surface area contributed by atoms with E-state index in [1.165, 1.54) is 32.1 Å². The van der Waals surface area contributed by atoms with Crippen molar-refractivity contribution in [2.45, 2.75) is 76.0 Å². The van der Waals surface area contributed by atoms with E-state index in [1.807, 2.05) is 42.2 Å². The maximum Gasteiger partial charge on any atom is 0.417 e. The number of fused-ring (bicyclic) bond motifs is 3. The lowest BCUT2D eigenvalue weighted by Gasteiger charge is -2.45. The summed E-state index contributed by atoms with van der Waals surface area (Å²) in [6.45, 7) is 5.41. The number of rotatable bonds is 5. The third-order valence-corrected chi connectivity index (χ3v) is 10.4. The van der Waals surface area contributed by atoms with Gasteiger partial charge in [-0.15, -0.1) is 0 Å². The van der Waals surface area contributed by atoms with Gasteiger partial charge in [0.25, 0.3) is 5.91 Å². The fraction of sp³-hybridized carbons (Fsp3) is 0.529. The van der Waals surface area contributed by atoms with E-state index in [1.54, 1.807) is 11.0 Å². The molecule has 1 aromatic heterocycles. The van der Waals surface area contributed by atoms with Crippen LogP contribution in [0.5, 0.6) is 0 Å². The number of piperidine rings is 1. The smallest absolute Gasteiger partial charge is 0.417 e. The van der Waals surface area contributed by atoms with Crippen LogP contribution < -0.4 is 16.4 Å². The second-order valence-electron chi connectivity index (χ2n) is 13.2. The molecule has 1 spiro atoms. The number of H-pyrrole nitrogens is 1. The molecule has 0 bridgehead atoms. The first-order chi connectivity index (χ1) is 22.3. The van der Waals surface area contributed by atoms with Gasteiger partial charge < -0.3 is 29.6 Å². The molecule has 4 heterocycles. The van der Waals surface area contributed by atoms with E-state index in [-0.39, 0.29) is 18.4 Å². The molecule has 1 unspecified atom stereocenters. The summed E-state index contributed by atoms with van der Waals surface area (Å²) < 4.78 is 11.4. The number of aryl methyl sites for hydroxylation is 1. The highest BCUT2D eigenvalue weighted by Crippen LogP contribution is 2.39. The van der Waals surface area contributed by atoms with Crippen molar-refractivity contribution in [1.82, 2.24) is 25.0 Å². The van der Waals surface area contributed by atoms with E-state index >= 15 is 0 Å². The Morgan fingerprint density at radius 3 is 2.48 bits per heavy atom. The van der Waals surface area contributed by atoms with Gasteiger partial charge in [-0.1, -0.05) is 43.5 Å². The molecule has 7 rings (SSSR count). The molecule has 4 amide bonds. The summed E-state index contributed by atoms with van der Waals surface area (Å²) in [5.41, 5.74) is 3.78. The van der Waals surface area contributed by atoms with Gasteiger partial charge in [-0.25, -0.2) is 14.4 Å². The average molecular weight is 631 g/mol. The van der Waals surface area contributed by atoms with Crippen molar-refractivity contribution < 1.29 is 23.5 Å². The number of amides is 4. The zero-order valence-electron chi connectivity index (χ0n) is 26.3. The maximum absolute atomic E-state index is 14.0. The number of para-hydroxylation sites is 1. The van der Waals surface area contributed by atoms with Crippen LogP contribution in [0.15, 0.2) is 45.6 Å². The Labute approximate surface area is 267 Å². The Balaban J connectivity index is 1.06. The predicted molar refractivity (Wildman–Crippen MR) is 172 cm³/mol. The largest absolute Gasteiger partial charge is 0.436 e. The highest BCUT2D eigenvalue weighted by atomic mass is 16.6. The normalized spacial score (nSPS) is 21.0. The van der Waals surface area contributed by atoms with Crippen LogP contribution in [0.3, 0.4) is 0 Å². The van der Waals surface area contributed by atoms with Gasteiger partial charge in [-0.2, -0.15) is 0 Å². The van der Waals surface area contributed by atoms with Gasteiger partial charge in [0.15, 0.2) is 11.7 Å². The van der Waals surface area contributed by atoms with Gasteiger partial charge >= 0.3 is 17.9 Å². The average Bonchev–Trinajstić information content (AvgIpc) is 3.45. The number of anilines is 1. The lowest BCUT2D eigenvalue weighted by atomic mass is 9.79. The van der Waals surface area contributed by atoms with Gasteiger partial charge in [-0.05, 0) is 55.9 Å². The molecule has 244 valence electrons. The molecule has 0 radical (unpaired) electrons. The van der Waals surface area contributed by atoms with Crippen molar-refractivity contribution in [3.63, 3.8) is 0 Å². The topological polar surface area (TPSA) is 140 Å². The summed E-state index contributed by atoms with van der Waals surface area (Å²) in [4.78, 5) is 60.7. The zero-order valence-corrected chi connectivity index (χ0v) is 26.3. The predicted octanol–water partition coefficient (Wildman–Crippen LogP) is 4.08. The van der Waals surface area contributed by atoms with Crippen LogP contribution >= 0.6 is 0 Å². The standard InChI is InChI=1S/C34H42N6O6/c1-22-19-23(20-27-29(22)36-32(43)45-27)21-28(30(41)39-17-15-38(16-18-39)24-7-3-2-4-8-24)46-33(44)40-13-11-34(12-14-40)25-9-5-6-10-26(25)35-31(42)37-34/h5-6,9-10,19-20,24,28H,2-4,7-8,11-18,21H2,1H3,(H,36,43)(H2,35,37,42). The van der Waals surface area contributed by atoms with Crippen molar-refractivity contribution in [2.24, 2.45) is 0 Å². The van der Waals surface area contributed by atoms with E-state index in [2.05, 4.69) is 20.5 Å². The van der Waals surface area contributed by atoms with Crippen LogP contribution in [0.4, 0.5) is 15.3 Å². The third kappa shape index (κ3) is 5.97. The fourth-order valence-corrected chi connectivity index (χ4v) is 7.87. The molecule has 3 fully saturated rings. The molecule has 1 aliphatic carbocycles. The minimum absolute atomic E-state index is 0.159. The molecule has 4 aliphatic rings. The molecule has 1 atom stereocenters. The summed E-state index contributed by atoms with van der Waals surface area (Å²) in [7, 11) is 0. The number of oxazole rings is 1. The number of urea groups is 1. The zero-order chi connectivity index (χ0) is 31.8. The lowest BCUT2D eigenvalue weighted by molar-refractivity contribution is -0.143. The number of aromatic nitrogens is 1. The number of benzene rings is 2. The number of ether oxygens (including phenoxy) is 1. The second-order valence-corrected chi connectivity index (χ2v) is 13.2. The van der Waals surface area contributed by atoms with Crippen LogP contribution in [0.2, 0.25) is 0 Å². The Morgan fingerprint density at radius 2 is 1.72 bits per heavy atom. The van der Waals surface area contributed by atoms with E-state index < -0.39 is 23.5 Å². The van der Waals surface area contributed by atoms with Gasteiger partial charge in [0.05, 0.1) is 11.1 Å². The van der Waals surface area contributed by atoms with Crippen molar-refractivity contribution in [3.05, 3.63) is 63.6 Å². The SMILES string of the molecule is Cc1cc(CC(OC(=O)N2CCC3(CC2)NC(=O)Nc2ccccc23)C(=O)N2CCN(C3CCCCC3)CC2)cc2oc(=O)[nH]c12. The van der Waals surface area contributed by atoms with Crippen LogP contribution in [0.1, 0.15) is 61.6 Å². The van der Waals surface area contributed by atoms with Crippen LogP contribution in [-0.2, 0) is 21.5 Å². The van der Waals surface area contributed by atoms with Crippen molar-refractivity contribution in [3.8, 4) is 0 Å². The quantitative estimate of drug-likeness (QED) is 0.386. The number of piperazine rings is 1. The molecule has 3 N–H and O–H groups in total. The number of likely N-dealkylation sites (tertiary alicyclic amines) is 1. The summed E-state index contributed by atoms with van der Waals surface area (Å²) in [6.07, 6.45) is 5.89. The molecule has 12 heteroatoms. The Hall–Kier alpha value is -4.32. The Kier molecular flexibility index (Phi) is 8.22. The first-order valence-corrected chi connectivity index (χ1v) is 16.6. The number of nitrogens with one attached hydrogen (secondary N) is 3. The lowest BCUT2D eigenvalue weighted by Crippen LogP contribution is -2.58. The van der Waals surface area contributed by atoms with Gasteiger partial charge in [-0.3, -0.25) is 14.7 Å². The molecule has 46 heavy (non-hydrogen) atoms. The summed E-state index contributed by atoms with van der Waals surface area (Å²) >= 11 is 0. The van der Waals surface area contributed by atoms with E-state index in [0.29, 0.717) is 56.2 Å². The van der Waals surface area contributed by atoms with Crippen LogP contribution in [-0.4, -0.2) is 89.1 Å². The molecular formula is C34H42N6O6. The van der Waals surface area contributed by atoms with Gasteiger partial charge in [0.1, 0.15) is 0 Å². The minimum atomic E-state index is -1.04. The van der Waals surface area contributed by atoms with Crippen molar-refractivity contribution in [2.75, 3.05) is 44.6 Å². The van der Waals surface area contributed by atoms with Crippen LogP contribution in [0.25, 0.3) is 11.1 Å². The van der Waals surface area contributed by atoms with Gasteiger partial charge in [0, 0.05) is 63.0 Å². The summed E-state index contributed by atoms with van der Waals surface area (Å²) in [5, 5.41) is 5.97. The van der Waals surface area contributed by atoms with E-state index in [9.17, 15) is 19.2 Å². The second kappa shape index (κ2) is 12.5. The highest BCUT2D eigenvalue weighted by Gasteiger charge is 2.43. The molecule has 3 aromatic rings. The van der Waals surface area contributed by atoms with Gasteiger partial charge in [0.2, 0.25) is 0 Å². The number of hydrogen-bond donors (Lipinski definition) is 3. The molecular weight excluding hydrogens is 588 g/mol. The number of carbonyl (C=O) groups is 3. The number of aromatic amines is 1. The highest BCUT2D eigenvalue weighted by molar-refractivity contribution is 5.94. The summed E-state index contributed by atoms with van der Waals surface area (Å²) in [5.74, 6) is -0.751. The van der Waals surface area contributed by atoms with Crippen molar-refractivity contribution in [1.29, 1.82) is 0 Å². The monoisotopic (exact) mass is 630 g/mol. The van der Waals surface area contributed by atoms with Crippen LogP contribution in [0, 0.1) is 6.92 Å². The number of nitrogens with zero attached hydrogens (tertiary/aromatic N) is 3. The first kappa shape index (κ1) is 30.3. The number of hydrogen-bond acceptors (Lipinski definition) is 7. The first-order valence-electron chi connectivity index (χ1n) is 16.6. The Bertz CT molecular complexity index is 1680.